The van der Waals surface area contributed by atoms with E-state index in [0.717, 1.165) is 18.5 Å². The first-order chi connectivity index (χ1) is 11.8. The monoisotopic (exact) mass is 339 g/mol. The maximum atomic E-state index is 11.5. The molecule has 5 nitrogen and oxygen atoms in total. The van der Waals surface area contributed by atoms with Crippen LogP contribution in [0.2, 0.25) is 0 Å². The van der Waals surface area contributed by atoms with E-state index in [2.05, 4.69) is 48.9 Å². The Kier molecular flexibility index (Phi) is 4.75. The van der Waals surface area contributed by atoms with Gasteiger partial charge in [-0.3, -0.25) is 9.97 Å². The second-order valence-electron chi connectivity index (χ2n) is 7.80. The minimum Gasteiger partial charge on any atom is -0.465 e. The molecule has 0 aliphatic carbocycles. The molecule has 0 radical (unpaired) electrons. The summed E-state index contributed by atoms with van der Waals surface area (Å²) in [6, 6.07) is 6.54. The normalized spacial score (nSPS) is 17.7. The zero-order chi connectivity index (χ0) is 18.0. The van der Waals surface area contributed by atoms with Crippen molar-refractivity contribution in [2.24, 2.45) is 5.41 Å². The Morgan fingerprint density at radius 3 is 2.76 bits per heavy atom. The van der Waals surface area contributed by atoms with E-state index in [1.54, 1.807) is 23.5 Å². The molecule has 2 heterocycles. The molecule has 0 fully saturated rings. The number of hydrogen-bond donors (Lipinski definition) is 1. The van der Waals surface area contributed by atoms with E-state index < -0.39 is 6.09 Å². The Labute approximate surface area is 148 Å². The van der Waals surface area contributed by atoms with Gasteiger partial charge < -0.3 is 10.0 Å². The lowest BCUT2D eigenvalue weighted by Gasteiger charge is -2.33. The topological polar surface area (TPSA) is 66.3 Å². The zero-order valence-electron chi connectivity index (χ0n) is 15.1. The highest BCUT2D eigenvalue weighted by Crippen LogP contribution is 2.39. The highest BCUT2D eigenvalue weighted by atomic mass is 16.4. The molecule has 1 aromatic carbocycles. The lowest BCUT2D eigenvalue weighted by atomic mass is 9.75. The summed E-state index contributed by atoms with van der Waals surface area (Å²) in [5.74, 6) is 0.187. The maximum Gasteiger partial charge on any atom is 0.407 e. The second-order valence-corrected chi connectivity index (χ2v) is 7.80. The molecule has 1 unspecified atom stereocenters. The van der Waals surface area contributed by atoms with Crippen molar-refractivity contribution in [3.05, 3.63) is 59.2 Å². The number of carboxylic acid groups (broad SMARTS) is 1. The molecule has 2 aromatic rings. The van der Waals surface area contributed by atoms with Crippen LogP contribution in [0.3, 0.4) is 0 Å². The number of benzene rings is 1. The molecule has 0 spiro atoms. The third-order valence-electron chi connectivity index (χ3n) is 4.95. The molecule has 3 rings (SSSR count). The van der Waals surface area contributed by atoms with Crippen molar-refractivity contribution in [2.75, 3.05) is 13.1 Å². The average Bonchev–Trinajstić information content (AvgIpc) is 2.75. The van der Waals surface area contributed by atoms with E-state index in [1.807, 2.05) is 0 Å². The van der Waals surface area contributed by atoms with Crippen molar-refractivity contribution in [3.63, 3.8) is 0 Å². The Morgan fingerprint density at radius 2 is 2.12 bits per heavy atom. The number of rotatable bonds is 2. The molecule has 0 saturated heterocycles. The highest BCUT2D eigenvalue weighted by Gasteiger charge is 2.33. The molecule has 1 aliphatic rings. The quantitative estimate of drug-likeness (QED) is 0.905. The summed E-state index contributed by atoms with van der Waals surface area (Å²) in [6.07, 6.45) is 5.83. The molecule has 1 amide bonds. The van der Waals surface area contributed by atoms with Crippen LogP contribution >= 0.6 is 0 Å². The summed E-state index contributed by atoms with van der Waals surface area (Å²) in [4.78, 5) is 21.6. The van der Waals surface area contributed by atoms with Gasteiger partial charge in [0.05, 0.1) is 5.69 Å². The number of carbonyl (C=O) groups is 1. The van der Waals surface area contributed by atoms with Crippen molar-refractivity contribution in [3.8, 4) is 0 Å². The molecular formula is C20H25N3O2. The Hall–Kier alpha value is -2.43. The van der Waals surface area contributed by atoms with Crippen LogP contribution in [0.15, 0.2) is 36.8 Å². The summed E-state index contributed by atoms with van der Waals surface area (Å²) < 4.78 is 0. The standard InChI is InChI=1S/C20H25N3O2/c1-20(2,3)18-13-23(19(24)25)9-6-15-10-14(4-5-17(15)18)11-16-12-21-7-8-22-16/h4-5,7-8,10,12,18H,6,9,11,13H2,1-3H3,(H,24,25). The Morgan fingerprint density at radius 1 is 1.32 bits per heavy atom. The van der Waals surface area contributed by atoms with E-state index in [0.29, 0.717) is 13.1 Å². The van der Waals surface area contributed by atoms with Crippen LogP contribution in [-0.4, -0.2) is 39.2 Å². The number of aromatic nitrogens is 2. The summed E-state index contributed by atoms with van der Waals surface area (Å²) in [5.41, 5.74) is 4.66. The van der Waals surface area contributed by atoms with Crippen molar-refractivity contribution >= 4 is 6.09 Å². The predicted molar refractivity (Wildman–Crippen MR) is 96.8 cm³/mol. The molecule has 1 N–H and O–H groups in total. The molecule has 1 atom stereocenters. The van der Waals surface area contributed by atoms with Gasteiger partial charge in [0.25, 0.3) is 0 Å². The molecule has 0 bridgehead atoms. The van der Waals surface area contributed by atoms with Crippen LogP contribution in [0.4, 0.5) is 4.79 Å². The lowest BCUT2D eigenvalue weighted by molar-refractivity contribution is 0.135. The fraction of sp³-hybridized carbons (Fsp3) is 0.450. The number of hydrogen-bond acceptors (Lipinski definition) is 3. The van der Waals surface area contributed by atoms with Crippen LogP contribution in [0.5, 0.6) is 0 Å². The fourth-order valence-electron chi connectivity index (χ4n) is 3.54. The summed E-state index contributed by atoms with van der Waals surface area (Å²) in [5, 5.41) is 9.49. The third kappa shape index (κ3) is 3.98. The van der Waals surface area contributed by atoms with Gasteiger partial charge in [-0.15, -0.1) is 0 Å². The predicted octanol–water partition coefficient (Wildman–Crippen LogP) is 3.73. The first kappa shape index (κ1) is 17.4. The smallest absolute Gasteiger partial charge is 0.407 e. The van der Waals surface area contributed by atoms with Crippen LogP contribution in [-0.2, 0) is 12.8 Å². The zero-order valence-corrected chi connectivity index (χ0v) is 15.1. The van der Waals surface area contributed by atoms with Crippen LogP contribution in [0.25, 0.3) is 0 Å². The summed E-state index contributed by atoms with van der Waals surface area (Å²) >= 11 is 0. The summed E-state index contributed by atoms with van der Waals surface area (Å²) in [6.45, 7) is 7.64. The van der Waals surface area contributed by atoms with Gasteiger partial charge in [-0.1, -0.05) is 39.0 Å². The van der Waals surface area contributed by atoms with Gasteiger partial charge in [0, 0.05) is 44.0 Å². The second kappa shape index (κ2) is 6.82. The molecule has 25 heavy (non-hydrogen) atoms. The molecule has 1 aliphatic heterocycles. The maximum absolute atomic E-state index is 11.5. The van der Waals surface area contributed by atoms with Gasteiger partial charge in [0.15, 0.2) is 0 Å². The van der Waals surface area contributed by atoms with Gasteiger partial charge in [-0.25, -0.2) is 4.79 Å². The number of amides is 1. The van der Waals surface area contributed by atoms with Gasteiger partial charge >= 0.3 is 6.09 Å². The molecule has 5 heteroatoms. The molecular weight excluding hydrogens is 314 g/mol. The first-order valence-corrected chi connectivity index (χ1v) is 8.69. The van der Waals surface area contributed by atoms with E-state index in [9.17, 15) is 9.90 Å². The average molecular weight is 339 g/mol. The summed E-state index contributed by atoms with van der Waals surface area (Å²) in [7, 11) is 0. The van der Waals surface area contributed by atoms with Crippen molar-refractivity contribution in [2.45, 2.75) is 39.5 Å². The third-order valence-corrected chi connectivity index (χ3v) is 4.95. The van der Waals surface area contributed by atoms with Gasteiger partial charge in [-0.05, 0) is 28.5 Å². The van der Waals surface area contributed by atoms with Crippen LogP contribution in [0.1, 0.15) is 49.1 Å². The van der Waals surface area contributed by atoms with Gasteiger partial charge in [0.2, 0.25) is 0 Å². The molecule has 132 valence electrons. The number of nitrogens with zero attached hydrogens (tertiary/aromatic N) is 3. The fourth-order valence-corrected chi connectivity index (χ4v) is 3.54. The van der Waals surface area contributed by atoms with Crippen molar-refractivity contribution in [1.82, 2.24) is 14.9 Å². The van der Waals surface area contributed by atoms with Crippen molar-refractivity contribution in [1.29, 1.82) is 0 Å². The SMILES string of the molecule is CC(C)(C)C1CN(C(=O)O)CCc2cc(Cc3cnccn3)ccc21. The minimum absolute atomic E-state index is 0.000781. The number of fused-ring (bicyclic) bond motifs is 1. The van der Waals surface area contributed by atoms with E-state index in [4.69, 9.17) is 0 Å². The molecule has 0 saturated carbocycles. The van der Waals surface area contributed by atoms with Gasteiger partial charge in [-0.2, -0.15) is 0 Å². The van der Waals surface area contributed by atoms with Crippen LogP contribution < -0.4 is 0 Å². The van der Waals surface area contributed by atoms with E-state index >= 15 is 0 Å². The molecule has 1 aromatic heterocycles. The first-order valence-electron chi connectivity index (χ1n) is 8.69. The Bertz CT molecular complexity index is 753. The lowest BCUT2D eigenvalue weighted by Crippen LogP contribution is -2.36. The van der Waals surface area contributed by atoms with E-state index in [-0.39, 0.29) is 11.3 Å². The van der Waals surface area contributed by atoms with Gasteiger partial charge in [0.1, 0.15) is 0 Å². The minimum atomic E-state index is -0.832. The Balaban J connectivity index is 1.94. The van der Waals surface area contributed by atoms with Crippen molar-refractivity contribution < 1.29 is 9.90 Å². The van der Waals surface area contributed by atoms with E-state index in [1.165, 1.54) is 16.7 Å². The largest absolute Gasteiger partial charge is 0.465 e. The van der Waals surface area contributed by atoms with Crippen LogP contribution in [0, 0.1) is 5.41 Å². The highest BCUT2D eigenvalue weighted by molar-refractivity contribution is 5.65.